The molecule has 0 amide bonds. The maximum atomic E-state index is 6.16. The first kappa shape index (κ1) is 11.2. The summed E-state index contributed by atoms with van der Waals surface area (Å²) in [7, 11) is 0. The predicted molar refractivity (Wildman–Crippen MR) is 63.9 cm³/mol. The van der Waals surface area contributed by atoms with Crippen molar-refractivity contribution in [2.45, 2.75) is 58.5 Å². The quantitative estimate of drug-likeness (QED) is 0.548. The van der Waals surface area contributed by atoms with Crippen LogP contribution in [0.25, 0.3) is 0 Å². The molecule has 1 nitrogen and oxygen atoms in total. The van der Waals surface area contributed by atoms with Crippen molar-refractivity contribution in [3.8, 4) is 0 Å². The maximum absolute atomic E-state index is 6.16. The van der Waals surface area contributed by atoms with E-state index in [2.05, 4.69) is 32.9 Å². The van der Waals surface area contributed by atoms with Gasteiger partial charge in [-0.05, 0) is 30.6 Å². The van der Waals surface area contributed by atoms with E-state index in [9.17, 15) is 0 Å². The summed E-state index contributed by atoms with van der Waals surface area (Å²) >= 11 is 0. The number of hydrogen-bond acceptors (Lipinski definition) is 1. The number of ether oxygens (including phenoxy) is 1. The Morgan fingerprint density at radius 3 is 2.60 bits per heavy atom. The van der Waals surface area contributed by atoms with E-state index in [-0.39, 0.29) is 5.60 Å². The summed E-state index contributed by atoms with van der Waals surface area (Å²) in [5, 5.41) is 0. The Bertz CT molecular complexity index is 249. The summed E-state index contributed by atoms with van der Waals surface area (Å²) in [4.78, 5) is 0. The summed E-state index contributed by atoms with van der Waals surface area (Å²) in [5.74, 6) is 0.726. The van der Waals surface area contributed by atoms with Gasteiger partial charge in [0.2, 0.25) is 0 Å². The lowest BCUT2D eigenvalue weighted by Crippen LogP contribution is -2.49. The Labute approximate surface area is 93.9 Å². The third kappa shape index (κ3) is 2.13. The van der Waals surface area contributed by atoms with Gasteiger partial charge in [0.25, 0.3) is 0 Å². The fourth-order valence-electron chi connectivity index (χ4n) is 3.47. The second kappa shape index (κ2) is 3.93. The third-order valence-corrected chi connectivity index (χ3v) is 4.12. The van der Waals surface area contributed by atoms with Gasteiger partial charge in [0.1, 0.15) is 0 Å². The summed E-state index contributed by atoms with van der Waals surface area (Å²) in [6, 6.07) is 0. The first-order valence-corrected chi connectivity index (χ1v) is 6.34. The van der Waals surface area contributed by atoms with Gasteiger partial charge in [-0.15, -0.1) is 0 Å². The second-order valence-corrected chi connectivity index (χ2v) is 6.22. The minimum Gasteiger partial charge on any atom is -0.370 e. The molecule has 86 valence electrons. The predicted octanol–water partition coefficient (Wildman–Crippen LogP) is 3.94. The van der Waals surface area contributed by atoms with Crippen molar-refractivity contribution in [2.24, 2.45) is 11.3 Å². The Balaban J connectivity index is 2.22. The van der Waals surface area contributed by atoms with Gasteiger partial charge in [-0.3, -0.25) is 0 Å². The van der Waals surface area contributed by atoms with E-state index in [1.165, 1.54) is 25.7 Å². The molecule has 0 N–H and O–H groups in total. The molecule has 1 saturated carbocycles. The normalized spacial score (nSPS) is 37.1. The van der Waals surface area contributed by atoms with Crippen LogP contribution in [0, 0.1) is 11.3 Å². The maximum Gasteiger partial charge on any atom is 0.0754 e. The topological polar surface area (TPSA) is 9.23 Å². The molecule has 0 aromatic carbocycles. The molecular weight excluding hydrogens is 184 g/mol. The Kier molecular flexibility index (Phi) is 2.94. The highest BCUT2D eigenvalue weighted by molar-refractivity contribution is 5.05. The number of hydrogen-bond donors (Lipinski definition) is 0. The molecule has 0 aromatic rings. The molecule has 2 rings (SSSR count). The van der Waals surface area contributed by atoms with Crippen LogP contribution in [0.4, 0.5) is 0 Å². The van der Waals surface area contributed by atoms with Crippen LogP contribution in [-0.2, 0) is 4.74 Å². The first-order chi connectivity index (χ1) is 7.05. The van der Waals surface area contributed by atoms with E-state index in [1.807, 2.05) is 0 Å². The molecule has 0 unspecified atom stereocenters. The Morgan fingerprint density at radius 2 is 2.00 bits per heavy atom. The zero-order valence-electron chi connectivity index (χ0n) is 10.4. The van der Waals surface area contributed by atoms with Crippen molar-refractivity contribution in [1.82, 2.24) is 0 Å². The molecule has 1 heterocycles. The largest absolute Gasteiger partial charge is 0.370 e. The highest BCUT2D eigenvalue weighted by Crippen LogP contribution is 2.49. The fourth-order valence-corrected chi connectivity index (χ4v) is 3.47. The van der Waals surface area contributed by atoms with Gasteiger partial charge in [-0.2, -0.15) is 0 Å². The lowest BCUT2D eigenvalue weighted by molar-refractivity contribution is -0.132. The molecule has 2 atom stereocenters. The van der Waals surface area contributed by atoms with Crippen LogP contribution in [-0.4, -0.2) is 12.2 Å². The minimum absolute atomic E-state index is 0.172. The van der Waals surface area contributed by atoms with Crippen LogP contribution >= 0.6 is 0 Å². The number of rotatable bonds is 0. The molecule has 0 aromatic heterocycles. The van der Waals surface area contributed by atoms with Crippen LogP contribution < -0.4 is 0 Å². The first-order valence-electron chi connectivity index (χ1n) is 6.34. The average molecular weight is 208 g/mol. The van der Waals surface area contributed by atoms with Gasteiger partial charge >= 0.3 is 0 Å². The lowest BCUT2D eigenvalue weighted by Gasteiger charge is -2.50. The molecule has 15 heavy (non-hydrogen) atoms. The SMILES string of the molecule is CC(C)(C)[C@H]1CCCC[C@]12CC=CCO2. The molecule has 1 spiro atoms. The molecule has 0 radical (unpaired) electrons. The van der Waals surface area contributed by atoms with Crippen LogP contribution in [0.3, 0.4) is 0 Å². The highest BCUT2D eigenvalue weighted by atomic mass is 16.5. The van der Waals surface area contributed by atoms with E-state index < -0.39 is 0 Å². The summed E-state index contributed by atoms with van der Waals surface area (Å²) < 4.78 is 6.16. The molecule has 0 saturated heterocycles. The van der Waals surface area contributed by atoms with Crippen molar-refractivity contribution in [3.05, 3.63) is 12.2 Å². The smallest absolute Gasteiger partial charge is 0.0754 e. The van der Waals surface area contributed by atoms with Crippen LogP contribution in [0.5, 0.6) is 0 Å². The van der Waals surface area contributed by atoms with Crippen molar-refractivity contribution in [1.29, 1.82) is 0 Å². The minimum atomic E-state index is 0.172. The second-order valence-electron chi connectivity index (χ2n) is 6.22. The van der Waals surface area contributed by atoms with Crippen LogP contribution in [0.2, 0.25) is 0 Å². The standard InChI is InChI=1S/C14H24O/c1-13(2,3)12-8-4-5-9-14(12)10-6-7-11-15-14/h6-7,12H,4-5,8-11H2,1-3H3/t12-,14+/m1/s1. The van der Waals surface area contributed by atoms with Gasteiger partial charge in [0.15, 0.2) is 0 Å². The van der Waals surface area contributed by atoms with Crippen molar-refractivity contribution in [3.63, 3.8) is 0 Å². The molecule has 2 aliphatic rings. The van der Waals surface area contributed by atoms with Gasteiger partial charge in [-0.25, -0.2) is 0 Å². The molecular formula is C14H24O. The van der Waals surface area contributed by atoms with E-state index in [4.69, 9.17) is 4.74 Å². The Morgan fingerprint density at radius 1 is 1.20 bits per heavy atom. The van der Waals surface area contributed by atoms with Crippen molar-refractivity contribution >= 4 is 0 Å². The van der Waals surface area contributed by atoms with E-state index in [1.54, 1.807) is 0 Å². The highest BCUT2D eigenvalue weighted by Gasteiger charge is 2.46. The lowest BCUT2D eigenvalue weighted by atomic mass is 9.62. The van der Waals surface area contributed by atoms with E-state index in [0.29, 0.717) is 5.41 Å². The van der Waals surface area contributed by atoms with Crippen molar-refractivity contribution < 1.29 is 4.74 Å². The van der Waals surface area contributed by atoms with Crippen molar-refractivity contribution in [2.75, 3.05) is 6.61 Å². The van der Waals surface area contributed by atoms with Gasteiger partial charge in [0.05, 0.1) is 12.2 Å². The molecule has 1 aliphatic heterocycles. The molecule has 1 heteroatoms. The molecule has 0 bridgehead atoms. The molecule has 1 aliphatic carbocycles. The monoisotopic (exact) mass is 208 g/mol. The summed E-state index contributed by atoms with van der Waals surface area (Å²) in [6.45, 7) is 7.93. The Hall–Kier alpha value is -0.300. The summed E-state index contributed by atoms with van der Waals surface area (Å²) in [6.07, 6.45) is 11.0. The van der Waals surface area contributed by atoms with E-state index >= 15 is 0 Å². The zero-order chi connectivity index (χ0) is 10.9. The van der Waals surface area contributed by atoms with Crippen LogP contribution in [0.15, 0.2) is 12.2 Å². The zero-order valence-corrected chi connectivity index (χ0v) is 10.4. The van der Waals surface area contributed by atoms with Crippen LogP contribution in [0.1, 0.15) is 52.9 Å². The van der Waals surface area contributed by atoms with Gasteiger partial charge < -0.3 is 4.74 Å². The van der Waals surface area contributed by atoms with Gasteiger partial charge in [0, 0.05) is 0 Å². The summed E-state index contributed by atoms with van der Waals surface area (Å²) in [5.41, 5.74) is 0.552. The fraction of sp³-hybridized carbons (Fsp3) is 0.857. The average Bonchev–Trinajstić information content (AvgIpc) is 2.18. The van der Waals surface area contributed by atoms with E-state index in [0.717, 1.165) is 18.9 Å². The molecule has 1 fully saturated rings. The van der Waals surface area contributed by atoms with Gasteiger partial charge in [-0.1, -0.05) is 45.8 Å². The third-order valence-electron chi connectivity index (χ3n) is 4.12.